The summed E-state index contributed by atoms with van der Waals surface area (Å²) in [5, 5.41) is 0.739. The number of rotatable bonds is 4. The molecule has 0 radical (unpaired) electrons. The van der Waals surface area contributed by atoms with Crippen molar-refractivity contribution in [2.75, 3.05) is 31.1 Å². The van der Waals surface area contributed by atoms with Crippen molar-refractivity contribution in [1.82, 2.24) is 0 Å². The predicted octanol–water partition coefficient (Wildman–Crippen LogP) is 0.0946. The summed E-state index contributed by atoms with van der Waals surface area (Å²) in [7, 11) is 0. The molecule has 5 nitrogen and oxygen atoms in total. The smallest absolute Gasteiger partial charge is 0.292 e. The molecule has 0 saturated carbocycles. The van der Waals surface area contributed by atoms with Gasteiger partial charge in [-0.1, -0.05) is 23.7 Å². The number of carbonyl (C=O) groups is 2. The van der Waals surface area contributed by atoms with E-state index in [2.05, 4.69) is 0 Å². The van der Waals surface area contributed by atoms with Gasteiger partial charge in [0.25, 0.3) is 5.91 Å². The summed E-state index contributed by atoms with van der Waals surface area (Å²) in [6, 6.07) is 13.1. The fourth-order valence-corrected chi connectivity index (χ4v) is 4.28. The molecular weight excluding hydrogens is 381 g/mol. The molecule has 4 rings (SSSR count). The second-order valence-electron chi connectivity index (χ2n) is 7.51. The number of quaternary nitrogens is 2. The molecule has 0 aromatic heterocycles. The second-order valence-corrected chi connectivity index (χ2v) is 7.95. The Balaban J connectivity index is 1.37. The first-order valence-electron chi connectivity index (χ1n) is 9.56. The Labute approximate surface area is 168 Å². The number of benzene rings is 2. The van der Waals surface area contributed by atoms with Crippen LogP contribution in [0, 0.1) is 5.82 Å². The number of piperazine rings is 1. The number of anilines is 1. The van der Waals surface area contributed by atoms with E-state index in [0.717, 1.165) is 37.7 Å². The van der Waals surface area contributed by atoms with Crippen molar-refractivity contribution in [2.24, 2.45) is 0 Å². The fourth-order valence-electron chi connectivity index (χ4n) is 4.15. The highest BCUT2D eigenvalue weighted by Crippen LogP contribution is 2.22. The minimum atomic E-state index is -0.384. The van der Waals surface area contributed by atoms with Gasteiger partial charge in [0.2, 0.25) is 5.91 Å². The first-order chi connectivity index (χ1) is 13.5. The van der Waals surface area contributed by atoms with Crippen molar-refractivity contribution < 1.29 is 23.8 Å². The summed E-state index contributed by atoms with van der Waals surface area (Å²) >= 11 is 5.94. The molecule has 0 aliphatic carbocycles. The third kappa shape index (κ3) is 3.94. The molecule has 2 fully saturated rings. The Kier molecular flexibility index (Phi) is 5.44. The molecule has 2 N–H and O–H groups in total. The largest absolute Gasteiger partial charge is 0.322 e. The van der Waals surface area contributed by atoms with E-state index in [1.807, 2.05) is 24.3 Å². The lowest BCUT2D eigenvalue weighted by molar-refractivity contribution is -1.02. The number of hydrogen-bond donors (Lipinski definition) is 2. The first kappa shape index (κ1) is 19.1. The average molecular weight is 404 g/mol. The molecule has 2 saturated heterocycles. The zero-order chi connectivity index (χ0) is 19.7. The minimum Gasteiger partial charge on any atom is -0.322 e. The van der Waals surface area contributed by atoms with Gasteiger partial charge in [-0.3, -0.25) is 9.59 Å². The number of nitrogens with one attached hydrogen (secondary N) is 2. The number of halogens is 2. The minimum absolute atomic E-state index is 0.173. The van der Waals surface area contributed by atoms with Crippen LogP contribution in [-0.2, 0) is 16.1 Å². The van der Waals surface area contributed by atoms with E-state index >= 15 is 0 Å². The second kappa shape index (κ2) is 7.99. The van der Waals surface area contributed by atoms with E-state index < -0.39 is 0 Å². The van der Waals surface area contributed by atoms with Crippen LogP contribution in [0.5, 0.6) is 0 Å². The SMILES string of the molecule is O=C1C[C@H]([NH+]2CC[NH+](Cc3ccc(Cl)cc3)CC2)C(=O)N1c1ccc(F)cc1. The maximum absolute atomic E-state index is 13.1. The molecule has 2 heterocycles. The van der Waals surface area contributed by atoms with Gasteiger partial charge in [0.05, 0.1) is 12.1 Å². The van der Waals surface area contributed by atoms with Crippen LogP contribution in [0.1, 0.15) is 12.0 Å². The standard InChI is InChI=1S/C21H21ClFN3O2/c22-16-3-1-15(2-4-16)14-24-9-11-25(12-10-24)19-13-20(27)26(21(19)28)18-7-5-17(23)6-8-18/h1-8,19H,9-14H2/p+2/t19-/m0/s1. The summed E-state index contributed by atoms with van der Waals surface area (Å²) in [4.78, 5) is 29.2. The summed E-state index contributed by atoms with van der Waals surface area (Å²) in [6.45, 7) is 4.54. The van der Waals surface area contributed by atoms with Gasteiger partial charge in [-0.05, 0) is 36.4 Å². The molecule has 0 bridgehead atoms. The third-order valence-electron chi connectivity index (χ3n) is 5.69. The lowest BCUT2D eigenvalue weighted by Gasteiger charge is -2.32. The Morgan fingerprint density at radius 3 is 2.25 bits per heavy atom. The van der Waals surface area contributed by atoms with Gasteiger partial charge in [-0.2, -0.15) is 0 Å². The molecule has 2 aromatic rings. The van der Waals surface area contributed by atoms with Crippen molar-refractivity contribution in [3.63, 3.8) is 0 Å². The van der Waals surface area contributed by atoms with Crippen molar-refractivity contribution in [3.8, 4) is 0 Å². The molecular formula is C21H23ClFN3O2+2. The predicted molar refractivity (Wildman–Crippen MR) is 104 cm³/mol. The molecule has 7 heteroatoms. The molecule has 2 aliphatic heterocycles. The van der Waals surface area contributed by atoms with Crippen molar-refractivity contribution in [1.29, 1.82) is 0 Å². The van der Waals surface area contributed by atoms with E-state index in [4.69, 9.17) is 11.6 Å². The number of amides is 2. The summed E-state index contributed by atoms with van der Waals surface area (Å²) in [6.07, 6.45) is 0.220. The van der Waals surface area contributed by atoms with Crippen molar-refractivity contribution in [2.45, 2.75) is 19.0 Å². The highest BCUT2D eigenvalue weighted by atomic mass is 35.5. The Bertz CT molecular complexity index is 864. The van der Waals surface area contributed by atoms with Gasteiger partial charge in [-0.25, -0.2) is 9.29 Å². The van der Waals surface area contributed by atoms with Crippen LogP contribution >= 0.6 is 11.6 Å². The van der Waals surface area contributed by atoms with Crippen molar-refractivity contribution in [3.05, 3.63) is 64.9 Å². The summed E-state index contributed by atoms with van der Waals surface area (Å²) < 4.78 is 13.1. The maximum atomic E-state index is 13.1. The van der Waals surface area contributed by atoms with Gasteiger partial charge in [0, 0.05) is 10.6 Å². The lowest BCUT2D eigenvalue weighted by Crippen LogP contribution is -3.29. The van der Waals surface area contributed by atoms with E-state index in [1.54, 1.807) is 0 Å². The molecule has 2 aliphatic rings. The monoisotopic (exact) mass is 403 g/mol. The fraction of sp³-hybridized carbons (Fsp3) is 0.333. The van der Waals surface area contributed by atoms with Gasteiger partial charge in [-0.15, -0.1) is 0 Å². The Morgan fingerprint density at radius 2 is 1.61 bits per heavy atom. The average Bonchev–Trinajstić information content (AvgIpc) is 2.99. The molecule has 146 valence electrons. The third-order valence-corrected chi connectivity index (χ3v) is 5.94. The quantitative estimate of drug-likeness (QED) is 0.711. The van der Waals surface area contributed by atoms with Crippen LogP contribution in [-0.4, -0.2) is 44.0 Å². The maximum Gasteiger partial charge on any atom is 0.292 e. The van der Waals surface area contributed by atoms with Gasteiger partial charge < -0.3 is 9.80 Å². The zero-order valence-corrected chi connectivity index (χ0v) is 16.2. The van der Waals surface area contributed by atoms with Crippen molar-refractivity contribution >= 4 is 29.1 Å². The number of imide groups is 1. The van der Waals surface area contributed by atoms with Crippen LogP contribution in [0.3, 0.4) is 0 Å². The molecule has 28 heavy (non-hydrogen) atoms. The molecule has 2 aromatic carbocycles. The van der Waals surface area contributed by atoms with Crippen LogP contribution in [0.2, 0.25) is 5.02 Å². The number of carbonyl (C=O) groups excluding carboxylic acids is 2. The van der Waals surface area contributed by atoms with Crippen LogP contribution < -0.4 is 14.7 Å². The summed E-state index contributed by atoms with van der Waals surface area (Å²) in [5.74, 6) is -0.761. The van der Waals surface area contributed by atoms with E-state index in [9.17, 15) is 14.0 Å². The zero-order valence-electron chi connectivity index (χ0n) is 15.5. The lowest BCUT2D eigenvalue weighted by atomic mass is 10.1. The van der Waals surface area contributed by atoms with Gasteiger partial charge in [0.15, 0.2) is 6.04 Å². The van der Waals surface area contributed by atoms with E-state index in [1.165, 1.54) is 44.5 Å². The van der Waals surface area contributed by atoms with E-state index in [-0.39, 0.29) is 30.1 Å². The van der Waals surface area contributed by atoms with E-state index in [0.29, 0.717) is 5.69 Å². The van der Waals surface area contributed by atoms with Gasteiger partial charge >= 0.3 is 0 Å². The Hall–Kier alpha value is -2.28. The van der Waals surface area contributed by atoms with Crippen LogP contribution in [0.15, 0.2) is 48.5 Å². The first-order valence-corrected chi connectivity index (χ1v) is 9.94. The Morgan fingerprint density at radius 1 is 0.964 bits per heavy atom. The van der Waals surface area contributed by atoms with Crippen LogP contribution in [0.4, 0.5) is 10.1 Å². The van der Waals surface area contributed by atoms with Gasteiger partial charge in [0.1, 0.15) is 38.5 Å². The number of nitrogens with zero attached hydrogens (tertiary/aromatic N) is 1. The van der Waals surface area contributed by atoms with Crippen LogP contribution in [0.25, 0.3) is 0 Å². The summed E-state index contributed by atoms with van der Waals surface area (Å²) in [5.41, 5.74) is 1.70. The molecule has 2 amide bonds. The molecule has 1 atom stereocenters. The molecule has 0 spiro atoms. The highest BCUT2D eigenvalue weighted by Gasteiger charge is 2.46. The number of hydrogen-bond acceptors (Lipinski definition) is 2. The molecule has 0 unspecified atom stereocenters. The normalized spacial score (nSPS) is 25.4. The topological polar surface area (TPSA) is 46.3 Å². The highest BCUT2D eigenvalue weighted by molar-refractivity contribution is 6.30.